The van der Waals surface area contributed by atoms with Gasteiger partial charge in [0.15, 0.2) is 6.10 Å². The van der Waals surface area contributed by atoms with E-state index in [1.807, 2.05) is 48.5 Å². The highest BCUT2D eigenvalue weighted by molar-refractivity contribution is 6.00. The second-order valence-electron chi connectivity index (χ2n) is 7.55. The summed E-state index contributed by atoms with van der Waals surface area (Å²) < 4.78 is 11.4. The maximum absolute atomic E-state index is 12.1. The Morgan fingerprint density at radius 1 is 1.07 bits per heavy atom. The van der Waals surface area contributed by atoms with Crippen molar-refractivity contribution >= 4 is 22.8 Å². The molecular formula is C24H18N2O4. The molecule has 6 heteroatoms. The normalized spacial score (nSPS) is 20.2. The summed E-state index contributed by atoms with van der Waals surface area (Å²) >= 11 is 0. The highest BCUT2D eigenvalue weighted by Gasteiger charge is 2.41. The van der Waals surface area contributed by atoms with Crippen molar-refractivity contribution in [2.75, 3.05) is 0 Å². The van der Waals surface area contributed by atoms with E-state index in [2.05, 4.69) is 11.4 Å². The van der Waals surface area contributed by atoms with Gasteiger partial charge in [-0.05, 0) is 54.7 Å². The summed E-state index contributed by atoms with van der Waals surface area (Å²) in [5.41, 5.74) is 2.72. The largest absolute Gasteiger partial charge is 0.457 e. The van der Waals surface area contributed by atoms with E-state index in [4.69, 9.17) is 9.47 Å². The van der Waals surface area contributed by atoms with Crippen LogP contribution < -0.4 is 10.1 Å². The van der Waals surface area contributed by atoms with Gasteiger partial charge in [-0.25, -0.2) is 4.79 Å². The quantitative estimate of drug-likeness (QED) is 0.699. The molecule has 6 nitrogen and oxygen atoms in total. The van der Waals surface area contributed by atoms with Crippen LogP contribution in [0, 0.1) is 11.3 Å². The monoisotopic (exact) mass is 398 g/mol. The standard InChI is InChI=1S/C24H18N2O4/c25-13-15-8-11-21(19-6-2-1-5-17(15)19)29-16-9-10-18-14(12-16)4-3-7-20(18)22-23(27)26-24(28)30-22/h1-2,5-6,8-12,20,22H,3-4,7H2,(H,26,27,28)/t20-,22+/m1/s1. The summed E-state index contributed by atoms with van der Waals surface area (Å²) in [6.45, 7) is 0. The third-order valence-electron chi connectivity index (χ3n) is 5.79. The van der Waals surface area contributed by atoms with Crippen molar-refractivity contribution in [3.63, 3.8) is 0 Å². The molecule has 0 bridgehead atoms. The Morgan fingerprint density at radius 2 is 1.90 bits per heavy atom. The van der Waals surface area contributed by atoms with Crippen molar-refractivity contribution in [1.82, 2.24) is 5.32 Å². The summed E-state index contributed by atoms with van der Waals surface area (Å²) in [4.78, 5) is 23.5. The number of aryl methyl sites for hydroxylation is 1. The molecule has 3 aromatic rings. The highest BCUT2D eigenvalue weighted by atomic mass is 16.6. The molecule has 0 saturated carbocycles. The third-order valence-corrected chi connectivity index (χ3v) is 5.79. The first-order chi connectivity index (χ1) is 14.6. The maximum Gasteiger partial charge on any atom is 0.414 e. The Bertz CT molecular complexity index is 1230. The van der Waals surface area contributed by atoms with Crippen LogP contribution in [-0.2, 0) is 16.0 Å². The van der Waals surface area contributed by atoms with Gasteiger partial charge >= 0.3 is 6.09 Å². The third kappa shape index (κ3) is 3.05. The van der Waals surface area contributed by atoms with E-state index in [1.54, 1.807) is 6.07 Å². The van der Waals surface area contributed by atoms with Gasteiger partial charge in [-0.1, -0.05) is 30.3 Å². The van der Waals surface area contributed by atoms with Gasteiger partial charge in [0, 0.05) is 16.7 Å². The summed E-state index contributed by atoms with van der Waals surface area (Å²) in [5, 5.41) is 13.3. The summed E-state index contributed by atoms with van der Waals surface area (Å²) in [7, 11) is 0. The zero-order valence-electron chi connectivity index (χ0n) is 16.1. The second-order valence-corrected chi connectivity index (χ2v) is 7.55. The number of amides is 2. The van der Waals surface area contributed by atoms with Crippen LogP contribution in [0.2, 0.25) is 0 Å². The van der Waals surface area contributed by atoms with Crippen LogP contribution >= 0.6 is 0 Å². The van der Waals surface area contributed by atoms with Crippen molar-refractivity contribution in [3.8, 4) is 17.6 Å². The molecule has 148 valence electrons. The minimum absolute atomic E-state index is 0.148. The number of imide groups is 1. The SMILES string of the molecule is N#Cc1ccc(Oc2ccc3c(c2)CCC[C@H]3[C@@H]2OC(=O)NC2=O)c2ccccc12. The predicted octanol–water partition coefficient (Wildman–Crippen LogP) is 4.56. The van der Waals surface area contributed by atoms with Gasteiger partial charge in [0.25, 0.3) is 5.91 Å². The van der Waals surface area contributed by atoms with Crippen LogP contribution in [-0.4, -0.2) is 18.1 Å². The lowest BCUT2D eigenvalue weighted by atomic mass is 9.79. The molecule has 0 aromatic heterocycles. The average Bonchev–Trinajstić information content (AvgIpc) is 3.11. The van der Waals surface area contributed by atoms with Crippen molar-refractivity contribution in [1.29, 1.82) is 5.26 Å². The fourth-order valence-corrected chi connectivity index (χ4v) is 4.43. The van der Waals surface area contributed by atoms with Gasteiger partial charge in [0.2, 0.25) is 0 Å². The molecule has 30 heavy (non-hydrogen) atoms. The molecule has 1 fully saturated rings. The molecule has 1 saturated heterocycles. The van der Waals surface area contributed by atoms with Gasteiger partial charge in [0.05, 0.1) is 11.6 Å². The van der Waals surface area contributed by atoms with E-state index in [1.165, 1.54) is 0 Å². The second kappa shape index (κ2) is 7.20. The van der Waals surface area contributed by atoms with E-state index >= 15 is 0 Å². The van der Waals surface area contributed by atoms with Crippen LogP contribution in [0.4, 0.5) is 4.79 Å². The van der Waals surface area contributed by atoms with E-state index in [-0.39, 0.29) is 11.8 Å². The number of benzene rings is 3. The number of alkyl carbamates (subject to hydrolysis) is 1. The number of cyclic esters (lactones) is 1. The number of carbonyl (C=O) groups excluding carboxylic acids is 2. The number of carbonyl (C=O) groups is 2. The van der Waals surface area contributed by atoms with Gasteiger partial charge in [-0.15, -0.1) is 0 Å². The minimum atomic E-state index is -0.772. The van der Waals surface area contributed by atoms with Crippen LogP contribution in [0.3, 0.4) is 0 Å². The number of nitriles is 1. The van der Waals surface area contributed by atoms with E-state index in [9.17, 15) is 14.9 Å². The smallest absolute Gasteiger partial charge is 0.414 e. The van der Waals surface area contributed by atoms with Gasteiger partial charge in [-0.3, -0.25) is 10.1 Å². The lowest BCUT2D eigenvalue weighted by Gasteiger charge is -2.28. The first-order valence-corrected chi connectivity index (χ1v) is 9.88. The molecule has 2 aliphatic rings. The first-order valence-electron chi connectivity index (χ1n) is 9.88. The first kappa shape index (κ1) is 18.2. The molecule has 0 radical (unpaired) electrons. The van der Waals surface area contributed by atoms with Crippen LogP contribution in [0.25, 0.3) is 10.8 Å². The molecule has 1 heterocycles. The van der Waals surface area contributed by atoms with Gasteiger partial charge in [0.1, 0.15) is 11.5 Å². The lowest BCUT2D eigenvalue weighted by molar-refractivity contribution is -0.124. The Morgan fingerprint density at radius 3 is 2.67 bits per heavy atom. The predicted molar refractivity (Wildman–Crippen MR) is 109 cm³/mol. The highest BCUT2D eigenvalue weighted by Crippen LogP contribution is 2.39. The molecule has 0 spiro atoms. The zero-order valence-corrected chi connectivity index (χ0v) is 16.1. The van der Waals surface area contributed by atoms with Crippen LogP contribution in [0.1, 0.15) is 35.4 Å². The van der Waals surface area contributed by atoms with E-state index in [0.717, 1.165) is 41.2 Å². The molecule has 1 aliphatic heterocycles. The number of rotatable bonds is 3. The summed E-state index contributed by atoms with van der Waals surface area (Å²) in [6.07, 6.45) is 1.12. The van der Waals surface area contributed by atoms with Crippen LogP contribution in [0.5, 0.6) is 11.5 Å². The van der Waals surface area contributed by atoms with E-state index < -0.39 is 12.2 Å². The Hall–Kier alpha value is -3.85. The van der Waals surface area contributed by atoms with Crippen molar-refractivity contribution in [2.24, 2.45) is 0 Å². The molecule has 2 amide bonds. The molecule has 1 aliphatic carbocycles. The summed E-state index contributed by atoms with van der Waals surface area (Å²) in [5.74, 6) is 0.852. The Kier molecular flexibility index (Phi) is 4.36. The molecule has 1 N–H and O–H groups in total. The number of nitrogens with zero attached hydrogens (tertiary/aromatic N) is 1. The van der Waals surface area contributed by atoms with Gasteiger partial charge in [-0.2, -0.15) is 5.26 Å². The van der Waals surface area contributed by atoms with Crippen molar-refractivity contribution in [3.05, 3.63) is 71.3 Å². The molecule has 3 aromatic carbocycles. The number of hydrogen-bond acceptors (Lipinski definition) is 5. The fourth-order valence-electron chi connectivity index (χ4n) is 4.43. The number of nitrogens with one attached hydrogen (secondary N) is 1. The van der Waals surface area contributed by atoms with Crippen molar-refractivity contribution < 1.29 is 19.1 Å². The summed E-state index contributed by atoms with van der Waals surface area (Å²) in [6, 6.07) is 19.3. The molecule has 0 unspecified atom stereocenters. The Balaban J connectivity index is 1.47. The van der Waals surface area contributed by atoms with Crippen LogP contribution in [0.15, 0.2) is 54.6 Å². The zero-order chi connectivity index (χ0) is 20.7. The number of fused-ring (bicyclic) bond motifs is 2. The van der Waals surface area contributed by atoms with E-state index in [0.29, 0.717) is 17.1 Å². The molecular weight excluding hydrogens is 380 g/mol. The number of hydrogen-bond donors (Lipinski definition) is 1. The van der Waals surface area contributed by atoms with Crippen molar-refractivity contribution in [2.45, 2.75) is 31.3 Å². The average molecular weight is 398 g/mol. The number of ether oxygens (including phenoxy) is 2. The topological polar surface area (TPSA) is 88.4 Å². The Labute approximate surface area is 173 Å². The fraction of sp³-hybridized carbons (Fsp3) is 0.208. The molecule has 5 rings (SSSR count). The lowest BCUT2D eigenvalue weighted by Crippen LogP contribution is -2.31. The minimum Gasteiger partial charge on any atom is -0.457 e. The molecule has 2 atom stereocenters. The maximum atomic E-state index is 12.1. The van der Waals surface area contributed by atoms with Gasteiger partial charge < -0.3 is 9.47 Å².